The molecule has 2 amide bonds. The second-order valence-electron chi connectivity index (χ2n) is 6.84. The first-order valence-corrected chi connectivity index (χ1v) is 8.36. The number of benzene rings is 2. The second kappa shape index (κ2) is 7.60. The van der Waals surface area contributed by atoms with Crippen molar-refractivity contribution < 1.29 is 22.8 Å². The summed E-state index contributed by atoms with van der Waals surface area (Å²) in [5.74, 6) is -1.34. The van der Waals surface area contributed by atoms with Gasteiger partial charge in [0.2, 0.25) is 0 Å². The van der Waals surface area contributed by atoms with Crippen LogP contribution in [-0.4, -0.2) is 22.4 Å². The van der Waals surface area contributed by atoms with Gasteiger partial charge in [-0.2, -0.15) is 13.2 Å². The van der Waals surface area contributed by atoms with E-state index in [1.165, 1.54) is 30.3 Å². The number of rotatable bonds is 2. The molecule has 0 aliphatic heterocycles. The van der Waals surface area contributed by atoms with E-state index < -0.39 is 29.1 Å². The average molecular weight is 399 g/mol. The van der Waals surface area contributed by atoms with Crippen LogP contribution in [0.5, 0.6) is 0 Å². The monoisotopic (exact) mass is 398 g/mol. The summed E-state index contributed by atoms with van der Waals surface area (Å²) in [6, 6.07) is 10.1. The van der Waals surface area contributed by atoms with Gasteiger partial charge in [0.15, 0.2) is 0 Å². The number of nitrogens with one attached hydrogen (secondary N) is 1. The van der Waals surface area contributed by atoms with E-state index >= 15 is 0 Å². The minimum atomic E-state index is -4.57. The molecule has 0 aliphatic carbocycles. The van der Waals surface area contributed by atoms with Crippen LogP contribution < -0.4 is 5.43 Å². The maximum Gasteiger partial charge on any atom is 0.416 e. The Hall–Kier alpha value is -2.54. The molecule has 0 atom stereocenters. The zero-order valence-corrected chi connectivity index (χ0v) is 15.7. The van der Waals surface area contributed by atoms with Crippen molar-refractivity contribution in [3.63, 3.8) is 0 Å². The van der Waals surface area contributed by atoms with Crippen LogP contribution in [0.2, 0.25) is 5.02 Å². The van der Waals surface area contributed by atoms with Gasteiger partial charge in [0.1, 0.15) is 0 Å². The summed E-state index contributed by atoms with van der Waals surface area (Å²) < 4.78 is 38.8. The number of amides is 2. The summed E-state index contributed by atoms with van der Waals surface area (Å²) in [5.41, 5.74) is 0.720. The molecule has 2 aromatic carbocycles. The van der Waals surface area contributed by atoms with Gasteiger partial charge in [-0.05, 0) is 63.2 Å². The van der Waals surface area contributed by atoms with Gasteiger partial charge in [-0.25, -0.2) is 5.01 Å². The van der Waals surface area contributed by atoms with Crippen molar-refractivity contribution in [1.82, 2.24) is 10.4 Å². The van der Waals surface area contributed by atoms with E-state index in [2.05, 4.69) is 5.43 Å². The van der Waals surface area contributed by atoms with Gasteiger partial charge in [0, 0.05) is 16.1 Å². The summed E-state index contributed by atoms with van der Waals surface area (Å²) in [6.07, 6.45) is -4.57. The van der Waals surface area contributed by atoms with Crippen LogP contribution >= 0.6 is 11.6 Å². The molecule has 0 radical (unpaired) electrons. The Labute approximate surface area is 159 Å². The lowest BCUT2D eigenvalue weighted by molar-refractivity contribution is -0.137. The van der Waals surface area contributed by atoms with Crippen molar-refractivity contribution in [2.75, 3.05) is 0 Å². The third-order valence-corrected chi connectivity index (χ3v) is 3.88. The molecule has 0 heterocycles. The van der Waals surface area contributed by atoms with E-state index in [-0.39, 0.29) is 11.1 Å². The van der Waals surface area contributed by atoms with E-state index in [0.717, 1.165) is 23.2 Å². The third-order valence-electron chi connectivity index (χ3n) is 3.63. The summed E-state index contributed by atoms with van der Waals surface area (Å²) >= 11 is 5.79. The summed E-state index contributed by atoms with van der Waals surface area (Å²) in [7, 11) is 0. The molecule has 0 saturated heterocycles. The molecule has 0 aliphatic rings. The molecule has 0 aromatic heterocycles. The zero-order chi connectivity index (χ0) is 20.4. The van der Waals surface area contributed by atoms with Gasteiger partial charge in [0.05, 0.1) is 11.1 Å². The number of carbonyl (C=O) groups is 2. The molecule has 8 heteroatoms. The minimum Gasteiger partial charge on any atom is -0.267 e. The summed E-state index contributed by atoms with van der Waals surface area (Å²) in [5, 5.41) is 1.46. The first-order valence-electron chi connectivity index (χ1n) is 7.98. The number of alkyl halides is 3. The first kappa shape index (κ1) is 20.8. The topological polar surface area (TPSA) is 49.4 Å². The largest absolute Gasteiger partial charge is 0.416 e. The molecule has 2 aromatic rings. The van der Waals surface area contributed by atoms with E-state index in [1.54, 1.807) is 20.8 Å². The quantitative estimate of drug-likeness (QED) is 0.728. The van der Waals surface area contributed by atoms with Gasteiger partial charge in [0.25, 0.3) is 11.8 Å². The number of nitrogens with zero attached hydrogens (tertiary/aromatic N) is 1. The number of carbonyl (C=O) groups excluding carboxylic acids is 2. The number of halogens is 4. The Balaban J connectivity index is 2.32. The van der Waals surface area contributed by atoms with Gasteiger partial charge < -0.3 is 0 Å². The second-order valence-corrected chi connectivity index (χ2v) is 7.27. The molecular weight excluding hydrogens is 381 g/mol. The minimum absolute atomic E-state index is 0.184. The lowest BCUT2D eigenvalue weighted by Crippen LogP contribution is -2.55. The van der Waals surface area contributed by atoms with Gasteiger partial charge in [-0.3, -0.25) is 15.0 Å². The summed E-state index contributed by atoms with van der Waals surface area (Å²) in [4.78, 5) is 25.3. The van der Waals surface area contributed by atoms with Gasteiger partial charge in [-0.15, -0.1) is 0 Å². The van der Waals surface area contributed by atoms with Crippen LogP contribution in [0.3, 0.4) is 0 Å². The fourth-order valence-electron chi connectivity index (χ4n) is 2.25. The first-order chi connectivity index (χ1) is 12.4. The Morgan fingerprint density at radius 1 is 0.963 bits per heavy atom. The molecule has 4 nitrogen and oxygen atoms in total. The molecular formula is C19H18ClF3N2O2. The van der Waals surface area contributed by atoms with Crippen molar-refractivity contribution >= 4 is 23.4 Å². The average Bonchev–Trinajstić information content (AvgIpc) is 2.58. The van der Waals surface area contributed by atoms with Crippen LogP contribution in [-0.2, 0) is 6.18 Å². The highest BCUT2D eigenvalue weighted by Gasteiger charge is 2.33. The maximum absolute atomic E-state index is 12.9. The SMILES string of the molecule is CC(C)(C)N(NC(=O)c1ccc(Cl)cc1)C(=O)c1cccc(C(F)(F)F)c1. The van der Waals surface area contributed by atoms with Crippen LogP contribution in [0.1, 0.15) is 47.1 Å². The van der Waals surface area contributed by atoms with Crippen molar-refractivity contribution in [2.45, 2.75) is 32.5 Å². The number of hydrogen-bond acceptors (Lipinski definition) is 2. The van der Waals surface area contributed by atoms with Crippen LogP contribution in [0.25, 0.3) is 0 Å². The Bertz CT molecular complexity index is 843. The molecule has 0 spiro atoms. The fourth-order valence-corrected chi connectivity index (χ4v) is 2.37. The highest BCUT2D eigenvalue weighted by molar-refractivity contribution is 6.30. The number of hydrazine groups is 1. The fraction of sp³-hybridized carbons (Fsp3) is 0.263. The van der Waals surface area contributed by atoms with Crippen LogP contribution in [0.15, 0.2) is 48.5 Å². The van der Waals surface area contributed by atoms with Crippen molar-refractivity contribution in [1.29, 1.82) is 0 Å². The van der Waals surface area contributed by atoms with Gasteiger partial charge >= 0.3 is 6.18 Å². The molecule has 2 rings (SSSR count). The lowest BCUT2D eigenvalue weighted by atomic mass is 10.0. The van der Waals surface area contributed by atoms with E-state index in [9.17, 15) is 22.8 Å². The van der Waals surface area contributed by atoms with Crippen LogP contribution in [0.4, 0.5) is 13.2 Å². The molecule has 1 N–H and O–H groups in total. The number of hydrogen-bond donors (Lipinski definition) is 1. The molecule has 0 fully saturated rings. The maximum atomic E-state index is 12.9. The molecule has 144 valence electrons. The molecule has 0 saturated carbocycles. The Kier molecular flexibility index (Phi) is 5.85. The van der Waals surface area contributed by atoms with E-state index in [4.69, 9.17) is 11.6 Å². The molecule has 27 heavy (non-hydrogen) atoms. The Morgan fingerprint density at radius 3 is 2.07 bits per heavy atom. The standard InChI is InChI=1S/C19H18ClF3N2O2/c1-18(2,3)25(24-16(26)12-7-9-15(20)10-8-12)17(27)13-5-4-6-14(11-13)19(21,22)23/h4-11H,1-3H3,(H,24,26). The van der Waals surface area contributed by atoms with Crippen molar-refractivity contribution in [3.05, 3.63) is 70.2 Å². The smallest absolute Gasteiger partial charge is 0.267 e. The molecule has 0 bridgehead atoms. The predicted molar refractivity (Wildman–Crippen MR) is 96.3 cm³/mol. The zero-order valence-electron chi connectivity index (χ0n) is 14.9. The van der Waals surface area contributed by atoms with Crippen molar-refractivity contribution in [3.8, 4) is 0 Å². The van der Waals surface area contributed by atoms with Gasteiger partial charge in [-0.1, -0.05) is 17.7 Å². The lowest BCUT2D eigenvalue weighted by Gasteiger charge is -2.35. The third kappa shape index (κ3) is 5.23. The highest BCUT2D eigenvalue weighted by Crippen LogP contribution is 2.30. The van der Waals surface area contributed by atoms with Crippen molar-refractivity contribution in [2.24, 2.45) is 0 Å². The summed E-state index contributed by atoms with van der Waals surface area (Å²) in [6.45, 7) is 4.96. The highest BCUT2D eigenvalue weighted by atomic mass is 35.5. The normalized spacial score (nSPS) is 11.8. The predicted octanol–water partition coefficient (Wildman–Crippen LogP) is 4.94. The van der Waals surface area contributed by atoms with Crippen LogP contribution in [0, 0.1) is 0 Å². The Morgan fingerprint density at radius 2 is 1.56 bits per heavy atom. The molecule has 0 unspecified atom stereocenters. The van der Waals surface area contributed by atoms with E-state index in [1.807, 2.05) is 0 Å². The van der Waals surface area contributed by atoms with E-state index in [0.29, 0.717) is 5.02 Å².